The highest BCUT2D eigenvalue weighted by atomic mass is 32.2. The first-order valence-electron chi connectivity index (χ1n) is 11.6. The van der Waals surface area contributed by atoms with Gasteiger partial charge in [0.15, 0.2) is 5.16 Å². The van der Waals surface area contributed by atoms with Gasteiger partial charge in [-0.1, -0.05) is 30.0 Å². The molecule has 3 aliphatic rings. The molecule has 6 rings (SSSR count). The molecule has 1 aromatic carbocycles. The summed E-state index contributed by atoms with van der Waals surface area (Å²) in [5, 5.41) is 11.0. The van der Waals surface area contributed by atoms with Gasteiger partial charge in [-0.25, -0.2) is 4.98 Å². The average Bonchev–Trinajstić information content (AvgIpc) is 3.47. The lowest BCUT2D eigenvalue weighted by Gasteiger charge is -2.32. The van der Waals surface area contributed by atoms with E-state index in [9.17, 15) is 9.59 Å². The standard InChI is InChI=1S/C24H25N5O3S/c30-21(12-16-14-33-24-26-20-7-3-6-19(20)23(31)29(16)24)28-10-8-17(9-11-28)32-22-18-5-2-1-4-15(18)13-25-27-22/h1-2,4-5,13,16-17H,3,6-12,14H2. The number of amides is 1. The topological polar surface area (TPSA) is 90.2 Å². The van der Waals surface area contributed by atoms with Crippen molar-refractivity contribution in [2.75, 3.05) is 18.8 Å². The Morgan fingerprint density at radius 3 is 2.91 bits per heavy atom. The largest absolute Gasteiger partial charge is 0.473 e. The number of hydrogen-bond donors (Lipinski definition) is 0. The van der Waals surface area contributed by atoms with E-state index in [1.165, 1.54) is 0 Å². The highest BCUT2D eigenvalue weighted by Gasteiger charge is 2.33. The lowest BCUT2D eigenvalue weighted by atomic mass is 10.1. The van der Waals surface area contributed by atoms with Gasteiger partial charge in [-0.2, -0.15) is 5.10 Å². The summed E-state index contributed by atoms with van der Waals surface area (Å²) in [6, 6.07) is 7.81. The summed E-state index contributed by atoms with van der Waals surface area (Å²) >= 11 is 1.60. The first-order valence-corrected chi connectivity index (χ1v) is 12.6. The molecule has 2 aliphatic heterocycles. The van der Waals surface area contributed by atoms with E-state index < -0.39 is 0 Å². The van der Waals surface area contributed by atoms with Crippen LogP contribution in [-0.4, -0.2) is 55.5 Å². The number of likely N-dealkylation sites (tertiary alicyclic amines) is 1. The van der Waals surface area contributed by atoms with Gasteiger partial charge >= 0.3 is 0 Å². The third kappa shape index (κ3) is 3.78. The molecule has 3 aromatic rings. The van der Waals surface area contributed by atoms with Gasteiger partial charge in [-0.15, -0.1) is 5.10 Å². The Kier molecular flexibility index (Phi) is 5.28. The van der Waals surface area contributed by atoms with Gasteiger partial charge in [0.1, 0.15) is 6.10 Å². The van der Waals surface area contributed by atoms with Crippen molar-refractivity contribution < 1.29 is 9.53 Å². The van der Waals surface area contributed by atoms with Crippen molar-refractivity contribution in [3.8, 4) is 5.88 Å². The van der Waals surface area contributed by atoms with Gasteiger partial charge in [-0.05, 0) is 25.3 Å². The molecule has 1 amide bonds. The number of aromatic nitrogens is 4. The minimum absolute atomic E-state index is 0.00586. The molecule has 1 saturated heterocycles. The van der Waals surface area contributed by atoms with Crippen molar-refractivity contribution in [1.29, 1.82) is 0 Å². The number of fused-ring (bicyclic) bond motifs is 3. The summed E-state index contributed by atoms with van der Waals surface area (Å²) in [5.41, 5.74) is 1.88. The fourth-order valence-corrected chi connectivity index (χ4v) is 6.26. The van der Waals surface area contributed by atoms with Gasteiger partial charge < -0.3 is 9.64 Å². The molecule has 0 bridgehead atoms. The SMILES string of the molecule is O=C(CC1CSc2nc3c(c(=O)n21)CCC3)N1CCC(Oc2nncc3ccccc23)CC1. The second kappa shape index (κ2) is 8.44. The van der Waals surface area contributed by atoms with Gasteiger partial charge in [-0.3, -0.25) is 14.2 Å². The minimum Gasteiger partial charge on any atom is -0.473 e. The molecule has 0 saturated carbocycles. The number of carbonyl (C=O) groups is 1. The van der Waals surface area contributed by atoms with Crippen LogP contribution in [0.1, 0.15) is 43.0 Å². The molecule has 0 radical (unpaired) electrons. The van der Waals surface area contributed by atoms with Gasteiger partial charge in [0.25, 0.3) is 5.56 Å². The maximum Gasteiger partial charge on any atom is 0.257 e. The second-order valence-corrected chi connectivity index (χ2v) is 9.94. The Morgan fingerprint density at radius 1 is 1.18 bits per heavy atom. The van der Waals surface area contributed by atoms with Crippen LogP contribution in [0.4, 0.5) is 0 Å². The smallest absolute Gasteiger partial charge is 0.257 e. The van der Waals surface area contributed by atoms with Gasteiger partial charge in [0.2, 0.25) is 11.8 Å². The van der Waals surface area contributed by atoms with Crippen LogP contribution in [0, 0.1) is 0 Å². The van der Waals surface area contributed by atoms with Crippen molar-refractivity contribution in [3.63, 3.8) is 0 Å². The molecule has 170 valence electrons. The predicted molar refractivity (Wildman–Crippen MR) is 125 cm³/mol. The summed E-state index contributed by atoms with van der Waals surface area (Å²) < 4.78 is 7.95. The first kappa shape index (κ1) is 20.7. The van der Waals surface area contributed by atoms with E-state index in [1.807, 2.05) is 29.2 Å². The summed E-state index contributed by atoms with van der Waals surface area (Å²) in [6.45, 7) is 1.29. The number of carbonyl (C=O) groups excluding carboxylic acids is 1. The van der Waals surface area contributed by atoms with Crippen molar-refractivity contribution in [2.45, 2.75) is 55.8 Å². The van der Waals surface area contributed by atoms with Crippen LogP contribution in [0.15, 0.2) is 40.4 Å². The monoisotopic (exact) mass is 463 g/mol. The molecule has 33 heavy (non-hydrogen) atoms. The second-order valence-electron chi connectivity index (χ2n) is 8.95. The van der Waals surface area contributed by atoms with Crippen molar-refractivity contribution >= 4 is 28.4 Å². The average molecular weight is 464 g/mol. The normalized spacial score (nSPS) is 20.1. The molecule has 1 atom stereocenters. The number of hydrogen-bond acceptors (Lipinski definition) is 7. The Hall–Kier alpha value is -2.94. The number of piperidine rings is 1. The summed E-state index contributed by atoms with van der Waals surface area (Å²) in [4.78, 5) is 32.7. The molecule has 9 heteroatoms. The van der Waals surface area contributed by atoms with Crippen molar-refractivity contribution in [1.82, 2.24) is 24.6 Å². The quantitative estimate of drug-likeness (QED) is 0.550. The van der Waals surface area contributed by atoms with Crippen molar-refractivity contribution in [3.05, 3.63) is 52.1 Å². The molecular formula is C24H25N5O3S. The fraction of sp³-hybridized carbons (Fsp3) is 0.458. The molecule has 1 fully saturated rings. The van der Waals surface area contributed by atoms with E-state index in [0.717, 1.165) is 65.0 Å². The maximum atomic E-state index is 13.1. The highest BCUT2D eigenvalue weighted by molar-refractivity contribution is 7.99. The van der Waals surface area contributed by atoms with E-state index in [-0.39, 0.29) is 23.6 Å². The summed E-state index contributed by atoms with van der Waals surface area (Å²) in [5.74, 6) is 1.39. The molecule has 1 aliphatic carbocycles. The minimum atomic E-state index is -0.108. The zero-order valence-electron chi connectivity index (χ0n) is 18.3. The summed E-state index contributed by atoms with van der Waals surface area (Å²) in [7, 11) is 0. The lowest BCUT2D eigenvalue weighted by molar-refractivity contribution is -0.133. The molecule has 0 N–H and O–H groups in total. The number of rotatable bonds is 4. The maximum absolute atomic E-state index is 13.1. The number of ether oxygens (including phenoxy) is 1. The van der Waals surface area contributed by atoms with E-state index in [2.05, 4.69) is 10.2 Å². The first-order chi connectivity index (χ1) is 16.2. The molecule has 4 heterocycles. The predicted octanol–water partition coefficient (Wildman–Crippen LogP) is 2.78. The van der Waals surface area contributed by atoms with E-state index in [1.54, 1.807) is 22.5 Å². The van der Waals surface area contributed by atoms with Crippen LogP contribution in [0.5, 0.6) is 5.88 Å². The van der Waals surface area contributed by atoms with E-state index >= 15 is 0 Å². The number of thioether (sulfide) groups is 1. The number of aryl methyl sites for hydroxylation is 1. The fourth-order valence-electron chi connectivity index (χ4n) is 5.10. The lowest BCUT2D eigenvalue weighted by Crippen LogP contribution is -2.43. The van der Waals surface area contributed by atoms with Crippen LogP contribution in [-0.2, 0) is 17.6 Å². The number of nitrogens with zero attached hydrogens (tertiary/aromatic N) is 5. The number of benzene rings is 1. The molecular weight excluding hydrogens is 438 g/mol. The Balaban J connectivity index is 1.09. The third-order valence-corrected chi connectivity index (χ3v) is 7.99. The third-order valence-electron chi connectivity index (χ3n) is 6.89. The molecule has 1 unspecified atom stereocenters. The molecule has 0 spiro atoms. The van der Waals surface area contributed by atoms with Crippen LogP contribution in [0.2, 0.25) is 0 Å². The zero-order chi connectivity index (χ0) is 22.4. The van der Waals surface area contributed by atoms with E-state index in [4.69, 9.17) is 9.72 Å². The zero-order valence-corrected chi connectivity index (χ0v) is 19.1. The van der Waals surface area contributed by atoms with Gasteiger partial charge in [0.05, 0.1) is 17.9 Å². The molecule has 2 aromatic heterocycles. The van der Waals surface area contributed by atoms with Crippen LogP contribution in [0.3, 0.4) is 0 Å². The Morgan fingerprint density at radius 2 is 2.03 bits per heavy atom. The van der Waals surface area contributed by atoms with Gasteiger partial charge in [0, 0.05) is 54.4 Å². The Labute approximate surface area is 195 Å². The van der Waals surface area contributed by atoms with Crippen LogP contribution in [0.25, 0.3) is 10.8 Å². The van der Waals surface area contributed by atoms with Crippen LogP contribution >= 0.6 is 11.8 Å². The molecule has 8 nitrogen and oxygen atoms in total. The van der Waals surface area contributed by atoms with Crippen molar-refractivity contribution in [2.24, 2.45) is 0 Å². The summed E-state index contributed by atoms with van der Waals surface area (Å²) in [6.07, 6.45) is 6.29. The van der Waals surface area contributed by atoms with Crippen LogP contribution < -0.4 is 10.3 Å². The highest BCUT2D eigenvalue weighted by Crippen LogP contribution is 2.34. The Bertz CT molecular complexity index is 1280. The van der Waals surface area contributed by atoms with E-state index in [0.29, 0.717) is 25.4 Å².